The van der Waals surface area contributed by atoms with Gasteiger partial charge in [-0.05, 0) is 38.0 Å². The molecule has 1 fully saturated rings. The third-order valence-electron chi connectivity index (χ3n) is 3.57. The lowest BCUT2D eigenvalue weighted by Gasteiger charge is -2.20. The van der Waals surface area contributed by atoms with E-state index in [-0.39, 0.29) is 12.1 Å². The van der Waals surface area contributed by atoms with Gasteiger partial charge in [0.15, 0.2) is 0 Å². The summed E-state index contributed by atoms with van der Waals surface area (Å²) in [5, 5.41) is 0. The Hall–Kier alpha value is -1.55. The minimum Gasteiger partial charge on any atom is -0.491 e. The average molecular weight is 278 g/mol. The highest BCUT2D eigenvalue weighted by Gasteiger charge is 2.27. The van der Waals surface area contributed by atoms with Crippen LogP contribution >= 0.6 is 0 Å². The number of carbonyl (C=O) groups is 1. The molecule has 1 aromatic carbocycles. The van der Waals surface area contributed by atoms with Crippen LogP contribution in [0.3, 0.4) is 0 Å². The van der Waals surface area contributed by atoms with E-state index in [2.05, 4.69) is 0 Å². The lowest BCUT2D eigenvalue weighted by Crippen LogP contribution is -2.25. The number of hydrogen-bond donors (Lipinski definition) is 0. The number of esters is 1. The van der Waals surface area contributed by atoms with Crippen molar-refractivity contribution in [2.24, 2.45) is 5.41 Å². The lowest BCUT2D eigenvalue weighted by atomic mass is 9.91. The molecule has 1 aliphatic rings. The molecule has 0 spiro atoms. The quantitative estimate of drug-likeness (QED) is 0.568. The standard InChI is InChI=1S/C16H22O4/c1-4-16(2,3)15(17)20-9-12-5-7-13(8-6-12)18-10-14-11-19-14/h5-8,14H,4,9-11H2,1-3H3. The Labute approximate surface area is 120 Å². The zero-order valence-electron chi connectivity index (χ0n) is 12.3. The summed E-state index contributed by atoms with van der Waals surface area (Å²) in [6.45, 7) is 7.46. The lowest BCUT2D eigenvalue weighted by molar-refractivity contribution is -0.155. The van der Waals surface area contributed by atoms with Crippen molar-refractivity contribution in [1.82, 2.24) is 0 Å². The Kier molecular flexibility index (Phi) is 4.65. The van der Waals surface area contributed by atoms with Crippen molar-refractivity contribution in [2.75, 3.05) is 13.2 Å². The Balaban J connectivity index is 1.79. The molecule has 2 rings (SSSR count). The fourth-order valence-corrected chi connectivity index (χ4v) is 1.52. The molecule has 1 saturated heterocycles. The van der Waals surface area contributed by atoms with Gasteiger partial charge in [0.05, 0.1) is 12.0 Å². The second kappa shape index (κ2) is 6.27. The summed E-state index contributed by atoms with van der Waals surface area (Å²) in [4.78, 5) is 11.9. The molecule has 0 radical (unpaired) electrons. The second-order valence-electron chi connectivity index (χ2n) is 5.72. The van der Waals surface area contributed by atoms with Crippen molar-refractivity contribution in [3.05, 3.63) is 29.8 Å². The zero-order valence-corrected chi connectivity index (χ0v) is 12.3. The topological polar surface area (TPSA) is 48.1 Å². The number of ether oxygens (including phenoxy) is 3. The van der Waals surface area contributed by atoms with Crippen LogP contribution in [0, 0.1) is 5.41 Å². The Bertz CT molecular complexity index is 446. The first-order valence-corrected chi connectivity index (χ1v) is 7.02. The minimum atomic E-state index is -0.423. The normalized spacial score (nSPS) is 17.6. The van der Waals surface area contributed by atoms with Gasteiger partial charge < -0.3 is 14.2 Å². The fraction of sp³-hybridized carbons (Fsp3) is 0.562. The summed E-state index contributed by atoms with van der Waals surface area (Å²) < 4.78 is 16.0. The third kappa shape index (κ3) is 4.23. The van der Waals surface area contributed by atoms with Gasteiger partial charge in [0, 0.05) is 0 Å². The van der Waals surface area contributed by atoms with Crippen molar-refractivity contribution in [2.45, 2.75) is 39.9 Å². The number of epoxide rings is 1. The van der Waals surface area contributed by atoms with Gasteiger partial charge in [-0.1, -0.05) is 19.1 Å². The van der Waals surface area contributed by atoms with Crippen LogP contribution in [-0.2, 0) is 20.9 Å². The smallest absolute Gasteiger partial charge is 0.311 e. The first kappa shape index (κ1) is 14.9. The van der Waals surface area contributed by atoms with Gasteiger partial charge >= 0.3 is 5.97 Å². The molecule has 1 aromatic rings. The molecule has 20 heavy (non-hydrogen) atoms. The van der Waals surface area contributed by atoms with Crippen molar-refractivity contribution < 1.29 is 19.0 Å². The second-order valence-corrected chi connectivity index (χ2v) is 5.72. The number of benzene rings is 1. The van der Waals surface area contributed by atoms with Crippen LogP contribution in [0.15, 0.2) is 24.3 Å². The van der Waals surface area contributed by atoms with Gasteiger partial charge in [-0.2, -0.15) is 0 Å². The Morgan fingerprint density at radius 3 is 2.55 bits per heavy atom. The maximum absolute atomic E-state index is 11.9. The molecule has 0 aliphatic carbocycles. The molecule has 1 atom stereocenters. The van der Waals surface area contributed by atoms with E-state index in [1.54, 1.807) is 0 Å². The highest BCUT2D eigenvalue weighted by atomic mass is 16.6. The Morgan fingerprint density at radius 1 is 1.35 bits per heavy atom. The van der Waals surface area contributed by atoms with E-state index < -0.39 is 5.41 Å². The van der Waals surface area contributed by atoms with Gasteiger partial charge in [-0.3, -0.25) is 4.79 Å². The van der Waals surface area contributed by atoms with Crippen LogP contribution in [0.5, 0.6) is 5.75 Å². The summed E-state index contributed by atoms with van der Waals surface area (Å²) in [7, 11) is 0. The maximum Gasteiger partial charge on any atom is 0.311 e. The van der Waals surface area contributed by atoms with Crippen LogP contribution in [0.2, 0.25) is 0 Å². The van der Waals surface area contributed by atoms with Crippen LogP contribution < -0.4 is 4.74 Å². The first-order chi connectivity index (χ1) is 9.51. The molecule has 0 bridgehead atoms. The largest absolute Gasteiger partial charge is 0.491 e. The van der Waals surface area contributed by atoms with E-state index in [9.17, 15) is 4.79 Å². The van der Waals surface area contributed by atoms with E-state index in [1.165, 1.54) is 0 Å². The molecule has 0 N–H and O–H groups in total. The highest BCUT2D eigenvalue weighted by molar-refractivity contribution is 5.75. The van der Waals surface area contributed by atoms with Crippen molar-refractivity contribution in [3.63, 3.8) is 0 Å². The molecule has 4 heteroatoms. The first-order valence-electron chi connectivity index (χ1n) is 7.02. The summed E-state index contributed by atoms with van der Waals surface area (Å²) in [6, 6.07) is 7.59. The fourth-order valence-electron chi connectivity index (χ4n) is 1.52. The number of hydrogen-bond acceptors (Lipinski definition) is 4. The van der Waals surface area contributed by atoms with Crippen LogP contribution in [0.4, 0.5) is 0 Å². The number of carbonyl (C=O) groups excluding carboxylic acids is 1. The molecule has 110 valence electrons. The van der Waals surface area contributed by atoms with Gasteiger partial charge in [-0.15, -0.1) is 0 Å². The van der Waals surface area contributed by atoms with Crippen molar-refractivity contribution in [3.8, 4) is 5.75 Å². The molecule has 0 aromatic heterocycles. The molecule has 1 aliphatic heterocycles. The predicted molar refractivity (Wildman–Crippen MR) is 75.5 cm³/mol. The molecule has 4 nitrogen and oxygen atoms in total. The summed E-state index contributed by atoms with van der Waals surface area (Å²) in [6.07, 6.45) is 1.02. The molecule has 0 saturated carbocycles. The maximum atomic E-state index is 11.9. The molecule has 0 amide bonds. The third-order valence-corrected chi connectivity index (χ3v) is 3.57. The van der Waals surface area contributed by atoms with E-state index in [1.807, 2.05) is 45.0 Å². The molecular formula is C16H22O4. The molecule has 1 heterocycles. The summed E-state index contributed by atoms with van der Waals surface area (Å²) >= 11 is 0. The average Bonchev–Trinajstić information content (AvgIpc) is 3.27. The monoisotopic (exact) mass is 278 g/mol. The van der Waals surface area contributed by atoms with E-state index in [4.69, 9.17) is 14.2 Å². The van der Waals surface area contributed by atoms with Gasteiger partial charge in [-0.25, -0.2) is 0 Å². The minimum absolute atomic E-state index is 0.161. The SMILES string of the molecule is CCC(C)(C)C(=O)OCc1ccc(OCC2CO2)cc1. The van der Waals surface area contributed by atoms with Crippen molar-refractivity contribution in [1.29, 1.82) is 0 Å². The van der Waals surface area contributed by atoms with Gasteiger partial charge in [0.2, 0.25) is 0 Å². The number of rotatable bonds is 7. The van der Waals surface area contributed by atoms with E-state index in [0.717, 1.165) is 24.3 Å². The van der Waals surface area contributed by atoms with E-state index >= 15 is 0 Å². The van der Waals surface area contributed by atoms with Gasteiger partial charge in [0.1, 0.15) is 25.1 Å². The van der Waals surface area contributed by atoms with E-state index in [0.29, 0.717) is 13.2 Å². The van der Waals surface area contributed by atoms with Gasteiger partial charge in [0.25, 0.3) is 0 Å². The summed E-state index contributed by atoms with van der Waals surface area (Å²) in [5.74, 6) is 0.649. The van der Waals surface area contributed by atoms with Crippen LogP contribution in [-0.4, -0.2) is 25.3 Å². The van der Waals surface area contributed by atoms with Crippen LogP contribution in [0.25, 0.3) is 0 Å². The molecular weight excluding hydrogens is 256 g/mol. The summed E-state index contributed by atoms with van der Waals surface area (Å²) in [5.41, 5.74) is 0.535. The van der Waals surface area contributed by atoms with Crippen LogP contribution in [0.1, 0.15) is 32.8 Å². The predicted octanol–water partition coefficient (Wildman–Crippen LogP) is 2.94. The Morgan fingerprint density at radius 2 is 2.00 bits per heavy atom. The zero-order chi connectivity index (χ0) is 14.6. The van der Waals surface area contributed by atoms with Crippen molar-refractivity contribution >= 4 is 5.97 Å². The highest BCUT2D eigenvalue weighted by Crippen LogP contribution is 2.22. The molecule has 1 unspecified atom stereocenters.